The Bertz CT molecular complexity index is 580. The maximum absolute atomic E-state index is 10.8. The molecule has 4 nitrogen and oxygen atoms in total. The van der Waals surface area contributed by atoms with Crippen molar-refractivity contribution in [2.45, 2.75) is 19.8 Å². The van der Waals surface area contributed by atoms with Crippen LogP contribution in [0.15, 0.2) is 24.3 Å². The number of aromatic nitrogens is 1. The normalized spacial score (nSPS) is 10.4. The molecule has 2 rings (SSSR count). The van der Waals surface area contributed by atoms with E-state index in [1.54, 1.807) is 0 Å². The number of aryl methyl sites for hydroxylation is 1. The lowest BCUT2D eigenvalue weighted by Crippen LogP contribution is -1.91. The van der Waals surface area contributed by atoms with Crippen molar-refractivity contribution in [1.82, 2.24) is 4.98 Å². The molecule has 0 aliphatic rings. The summed E-state index contributed by atoms with van der Waals surface area (Å²) in [6.45, 7) is 2.12. The summed E-state index contributed by atoms with van der Waals surface area (Å²) >= 11 is 6.62. The van der Waals surface area contributed by atoms with Crippen LogP contribution < -0.4 is 4.74 Å². The molecule has 0 unspecified atom stereocenters. The quantitative estimate of drug-likeness (QED) is 0.896. The van der Waals surface area contributed by atoms with Crippen LogP contribution in [0.5, 0.6) is 10.9 Å². The number of carboxylic acids is 1. The van der Waals surface area contributed by atoms with Crippen molar-refractivity contribution in [1.29, 1.82) is 0 Å². The van der Waals surface area contributed by atoms with E-state index in [-0.39, 0.29) is 15.2 Å². The highest BCUT2D eigenvalue weighted by molar-refractivity contribution is 7.15. The van der Waals surface area contributed by atoms with E-state index in [4.69, 9.17) is 21.4 Å². The minimum Gasteiger partial charge on any atom is -0.477 e. The third-order valence-corrected chi connectivity index (χ3v) is 3.73. The van der Waals surface area contributed by atoms with E-state index in [2.05, 4.69) is 11.9 Å². The number of hydrogen-bond acceptors (Lipinski definition) is 4. The molecule has 1 aromatic carbocycles. The molecule has 1 N–H and O–H groups in total. The summed E-state index contributed by atoms with van der Waals surface area (Å²) in [7, 11) is 0. The second kappa shape index (κ2) is 6.04. The largest absolute Gasteiger partial charge is 0.477 e. The fraction of sp³-hybridized carbons (Fsp3) is 0.231. The summed E-state index contributed by atoms with van der Waals surface area (Å²) in [5.74, 6) is -0.488. The molecular weight excluding hydrogens is 286 g/mol. The minimum absolute atomic E-state index is 0.0146. The molecule has 19 heavy (non-hydrogen) atoms. The van der Waals surface area contributed by atoms with Gasteiger partial charge in [0.05, 0.1) is 0 Å². The monoisotopic (exact) mass is 297 g/mol. The van der Waals surface area contributed by atoms with Crippen molar-refractivity contribution in [2.75, 3.05) is 0 Å². The van der Waals surface area contributed by atoms with Gasteiger partial charge in [-0.05, 0) is 24.1 Å². The van der Waals surface area contributed by atoms with Crippen molar-refractivity contribution in [3.63, 3.8) is 0 Å². The predicted molar refractivity (Wildman–Crippen MR) is 74.6 cm³/mol. The third-order valence-electron chi connectivity index (χ3n) is 2.43. The first kappa shape index (κ1) is 13.8. The first-order chi connectivity index (χ1) is 9.10. The molecule has 0 saturated carbocycles. The van der Waals surface area contributed by atoms with Gasteiger partial charge >= 0.3 is 5.97 Å². The highest BCUT2D eigenvalue weighted by Crippen LogP contribution is 2.32. The van der Waals surface area contributed by atoms with E-state index in [9.17, 15) is 4.79 Å². The van der Waals surface area contributed by atoms with Gasteiger partial charge < -0.3 is 9.84 Å². The van der Waals surface area contributed by atoms with Crippen molar-refractivity contribution in [2.24, 2.45) is 0 Å². The standard InChI is InChI=1S/C13H12ClNO3S/c1-2-3-8-4-6-9(7-5-8)18-13-15-11(14)10(19-13)12(16)17/h4-7H,2-3H2,1H3,(H,16,17). The van der Waals surface area contributed by atoms with E-state index in [0.717, 1.165) is 24.2 Å². The summed E-state index contributed by atoms with van der Waals surface area (Å²) in [6, 6.07) is 7.62. The van der Waals surface area contributed by atoms with Crippen LogP contribution in [-0.2, 0) is 6.42 Å². The van der Waals surface area contributed by atoms with Crippen LogP contribution in [0.4, 0.5) is 0 Å². The number of halogens is 1. The summed E-state index contributed by atoms with van der Waals surface area (Å²) in [6.07, 6.45) is 2.11. The van der Waals surface area contributed by atoms with Crippen molar-refractivity contribution >= 4 is 28.9 Å². The SMILES string of the molecule is CCCc1ccc(Oc2nc(Cl)c(C(=O)O)s2)cc1. The van der Waals surface area contributed by atoms with Gasteiger partial charge in [0.1, 0.15) is 5.75 Å². The topological polar surface area (TPSA) is 59.4 Å². The first-order valence-electron chi connectivity index (χ1n) is 5.76. The summed E-state index contributed by atoms with van der Waals surface area (Å²) < 4.78 is 5.48. The summed E-state index contributed by atoms with van der Waals surface area (Å²) in [4.78, 5) is 14.7. The van der Waals surface area contributed by atoms with E-state index in [1.807, 2.05) is 24.3 Å². The van der Waals surface area contributed by atoms with Crippen molar-refractivity contribution in [3.8, 4) is 10.9 Å². The number of thiazole rings is 1. The van der Waals surface area contributed by atoms with Gasteiger partial charge in [0.15, 0.2) is 10.0 Å². The molecule has 0 aliphatic heterocycles. The zero-order chi connectivity index (χ0) is 13.8. The number of carboxylic acid groups (broad SMARTS) is 1. The van der Waals surface area contributed by atoms with Gasteiger partial charge in [-0.2, -0.15) is 4.98 Å². The van der Waals surface area contributed by atoms with Gasteiger partial charge in [-0.15, -0.1) is 0 Å². The number of ether oxygens (including phenoxy) is 1. The Morgan fingerprint density at radius 1 is 1.42 bits per heavy atom. The predicted octanol–water partition coefficient (Wildman–Crippen LogP) is 4.24. The number of carbonyl (C=O) groups is 1. The summed E-state index contributed by atoms with van der Waals surface area (Å²) in [5, 5.41) is 9.05. The van der Waals surface area contributed by atoms with Crippen LogP contribution in [0, 0.1) is 0 Å². The number of hydrogen-bond donors (Lipinski definition) is 1. The molecule has 0 spiro atoms. The minimum atomic E-state index is -1.10. The molecule has 0 bridgehead atoms. The molecule has 0 fully saturated rings. The van der Waals surface area contributed by atoms with Crippen LogP contribution in [0.2, 0.25) is 5.15 Å². The number of aromatic carboxylic acids is 1. The average Bonchev–Trinajstić information content (AvgIpc) is 2.73. The van der Waals surface area contributed by atoms with Gasteiger partial charge in [0.25, 0.3) is 5.19 Å². The van der Waals surface area contributed by atoms with Crippen LogP contribution in [0.1, 0.15) is 28.6 Å². The van der Waals surface area contributed by atoms with Gasteiger partial charge in [0, 0.05) is 0 Å². The van der Waals surface area contributed by atoms with Gasteiger partial charge in [-0.1, -0.05) is 48.4 Å². The lowest BCUT2D eigenvalue weighted by atomic mass is 10.1. The van der Waals surface area contributed by atoms with Crippen LogP contribution in [-0.4, -0.2) is 16.1 Å². The van der Waals surface area contributed by atoms with Crippen LogP contribution in [0.25, 0.3) is 0 Å². The lowest BCUT2D eigenvalue weighted by molar-refractivity contribution is 0.0702. The zero-order valence-corrected chi connectivity index (χ0v) is 11.8. The molecular formula is C13H12ClNO3S. The number of nitrogens with zero attached hydrogens (tertiary/aromatic N) is 1. The summed E-state index contributed by atoms with van der Waals surface area (Å²) in [5.41, 5.74) is 1.23. The van der Waals surface area contributed by atoms with E-state index < -0.39 is 5.97 Å². The third kappa shape index (κ3) is 3.45. The Labute approximate surface area is 119 Å². The molecule has 2 aromatic rings. The van der Waals surface area contributed by atoms with Crippen LogP contribution >= 0.6 is 22.9 Å². The number of benzene rings is 1. The molecule has 100 valence electrons. The second-order valence-corrected chi connectivity index (χ2v) is 5.22. The molecule has 1 heterocycles. The van der Waals surface area contributed by atoms with E-state index >= 15 is 0 Å². The molecule has 0 amide bonds. The van der Waals surface area contributed by atoms with Gasteiger partial charge in [-0.3, -0.25) is 0 Å². The Kier molecular flexibility index (Phi) is 4.39. The Morgan fingerprint density at radius 3 is 2.63 bits per heavy atom. The second-order valence-electron chi connectivity index (χ2n) is 3.90. The maximum atomic E-state index is 10.8. The molecule has 0 radical (unpaired) electrons. The fourth-order valence-electron chi connectivity index (χ4n) is 1.57. The average molecular weight is 298 g/mol. The molecule has 6 heteroatoms. The molecule has 0 atom stereocenters. The van der Waals surface area contributed by atoms with Gasteiger partial charge in [0.2, 0.25) is 0 Å². The molecule has 0 saturated heterocycles. The molecule has 1 aromatic heterocycles. The smallest absolute Gasteiger partial charge is 0.349 e. The first-order valence-corrected chi connectivity index (χ1v) is 6.96. The molecule has 0 aliphatic carbocycles. The fourth-order valence-corrected chi connectivity index (χ4v) is 2.56. The van der Waals surface area contributed by atoms with E-state index in [1.165, 1.54) is 5.56 Å². The Morgan fingerprint density at radius 2 is 2.11 bits per heavy atom. The van der Waals surface area contributed by atoms with Crippen molar-refractivity contribution < 1.29 is 14.6 Å². The highest BCUT2D eigenvalue weighted by atomic mass is 35.5. The van der Waals surface area contributed by atoms with E-state index in [0.29, 0.717) is 5.75 Å². The van der Waals surface area contributed by atoms with Gasteiger partial charge in [-0.25, -0.2) is 4.79 Å². The number of rotatable bonds is 5. The lowest BCUT2D eigenvalue weighted by Gasteiger charge is -2.02. The Balaban J connectivity index is 2.12. The Hall–Kier alpha value is -1.59. The van der Waals surface area contributed by atoms with Crippen LogP contribution in [0.3, 0.4) is 0 Å². The maximum Gasteiger partial charge on any atom is 0.349 e. The zero-order valence-electron chi connectivity index (χ0n) is 10.2. The highest BCUT2D eigenvalue weighted by Gasteiger charge is 2.16. The van der Waals surface area contributed by atoms with Crippen molar-refractivity contribution in [3.05, 3.63) is 39.9 Å².